The number of primary amides is 1. The summed E-state index contributed by atoms with van der Waals surface area (Å²) in [6.07, 6.45) is 2.56. The number of hydrogen-bond donors (Lipinski definition) is 7. The number of thioether (sulfide) groups is 1. The zero-order chi connectivity index (χ0) is 29.5. The van der Waals surface area contributed by atoms with E-state index in [1.54, 1.807) is 36.4 Å². The average Bonchev–Trinajstić information content (AvgIpc) is 2.93. The fourth-order valence-corrected chi connectivity index (χ4v) is 4.09. The van der Waals surface area contributed by atoms with E-state index < -0.39 is 60.8 Å². The second-order valence-corrected chi connectivity index (χ2v) is 10.0. The van der Waals surface area contributed by atoms with Crippen molar-refractivity contribution in [2.45, 2.75) is 37.4 Å². The predicted molar refractivity (Wildman–Crippen MR) is 152 cm³/mol. The van der Waals surface area contributed by atoms with E-state index in [0.717, 1.165) is 11.1 Å². The van der Waals surface area contributed by atoms with Gasteiger partial charge in [0.25, 0.3) is 0 Å². The molecule has 5 amide bonds. The first-order chi connectivity index (χ1) is 19.1. The van der Waals surface area contributed by atoms with E-state index in [4.69, 9.17) is 11.5 Å². The van der Waals surface area contributed by atoms with Gasteiger partial charge in [-0.2, -0.15) is 11.8 Å². The molecule has 216 valence electrons. The Kier molecular flexibility index (Phi) is 13.5. The third-order valence-corrected chi connectivity index (χ3v) is 6.45. The fourth-order valence-electron chi connectivity index (χ4n) is 3.62. The molecule has 3 atom stereocenters. The van der Waals surface area contributed by atoms with E-state index in [1.165, 1.54) is 23.9 Å². The normalized spacial score (nSPS) is 12.8. The van der Waals surface area contributed by atoms with Crippen molar-refractivity contribution in [1.82, 2.24) is 21.3 Å². The maximum atomic E-state index is 13.0. The predicted octanol–water partition coefficient (Wildman–Crippen LogP) is -1.05. The zero-order valence-corrected chi connectivity index (χ0v) is 23.0. The average molecular weight is 573 g/mol. The number of rotatable bonds is 16. The van der Waals surface area contributed by atoms with Crippen LogP contribution in [0.1, 0.15) is 17.5 Å². The molecule has 0 aliphatic heterocycles. The molecule has 9 N–H and O–H groups in total. The molecule has 0 bridgehead atoms. The molecule has 2 aromatic carbocycles. The van der Waals surface area contributed by atoms with E-state index in [1.807, 2.05) is 12.3 Å². The minimum absolute atomic E-state index is 0.0931. The minimum Gasteiger partial charge on any atom is -0.508 e. The Morgan fingerprint density at radius 2 is 1.43 bits per heavy atom. The van der Waals surface area contributed by atoms with Gasteiger partial charge in [0.2, 0.25) is 29.5 Å². The lowest BCUT2D eigenvalue weighted by Gasteiger charge is -2.22. The van der Waals surface area contributed by atoms with Crippen LogP contribution in [0.4, 0.5) is 0 Å². The van der Waals surface area contributed by atoms with Crippen LogP contribution in [0.2, 0.25) is 0 Å². The summed E-state index contributed by atoms with van der Waals surface area (Å²) in [5, 5.41) is 19.3. The Labute approximate surface area is 237 Å². The van der Waals surface area contributed by atoms with Crippen molar-refractivity contribution in [3.05, 3.63) is 65.7 Å². The van der Waals surface area contributed by atoms with Crippen LogP contribution in [0.5, 0.6) is 5.75 Å². The summed E-state index contributed by atoms with van der Waals surface area (Å²) in [5.41, 5.74) is 12.8. The van der Waals surface area contributed by atoms with E-state index in [2.05, 4.69) is 21.3 Å². The molecule has 0 aromatic heterocycles. The van der Waals surface area contributed by atoms with Crippen LogP contribution < -0.4 is 32.7 Å². The quantitative estimate of drug-likeness (QED) is 0.132. The Bertz CT molecular complexity index is 1150. The summed E-state index contributed by atoms with van der Waals surface area (Å²) < 4.78 is 0. The lowest BCUT2D eigenvalue weighted by Crippen LogP contribution is -2.55. The van der Waals surface area contributed by atoms with Crippen LogP contribution in [0.3, 0.4) is 0 Å². The monoisotopic (exact) mass is 572 g/mol. The van der Waals surface area contributed by atoms with E-state index in [-0.39, 0.29) is 18.6 Å². The SMILES string of the molecule is CSCC[C@H](NC(=O)[C@H](Cc1ccccc1)NC(=O)CNC(=O)CNC(=O)[C@@H](N)Cc1ccc(O)cc1)C(N)=O. The minimum atomic E-state index is -1.03. The van der Waals surface area contributed by atoms with Gasteiger partial charge >= 0.3 is 0 Å². The number of phenols is 1. The fraction of sp³-hybridized carbons (Fsp3) is 0.370. The van der Waals surface area contributed by atoms with Crippen molar-refractivity contribution in [2.75, 3.05) is 25.1 Å². The Morgan fingerprint density at radius 1 is 0.800 bits per heavy atom. The number of phenolic OH excluding ortho intramolecular Hbond substituents is 1. The molecule has 2 rings (SSSR count). The molecule has 0 aliphatic carbocycles. The van der Waals surface area contributed by atoms with Crippen molar-refractivity contribution >= 4 is 41.3 Å². The van der Waals surface area contributed by atoms with Crippen LogP contribution in [0.25, 0.3) is 0 Å². The van der Waals surface area contributed by atoms with Gasteiger partial charge in [0.15, 0.2) is 0 Å². The van der Waals surface area contributed by atoms with Crippen LogP contribution in [0, 0.1) is 0 Å². The number of nitrogens with two attached hydrogens (primary N) is 2. The van der Waals surface area contributed by atoms with Gasteiger partial charge in [0.05, 0.1) is 19.1 Å². The molecular weight excluding hydrogens is 536 g/mol. The highest BCUT2D eigenvalue weighted by atomic mass is 32.2. The van der Waals surface area contributed by atoms with Gasteiger partial charge in [-0.3, -0.25) is 24.0 Å². The summed E-state index contributed by atoms with van der Waals surface area (Å²) in [6.45, 7) is -0.850. The summed E-state index contributed by atoms with van der Waals surface area (Å²) in [6, 6.07) is 12.4. The third-order valence-electron chi connectivity index (χ3n) is 5.80. The van der Waals surface area contributed by atoms with Crippen molar-refractivity contribution in [3.63, 3.8) is 0 Å². The first-order valence-electron chi connectivity index (χ1n) is 12.6. The smallest absolute Gasteiger partial charge is 0.243 e. The number of hydrogen-bond acceptors (Lipinski definition) is 8. The van der Waals surface area contributed by atoms with Crippen molar-refractivity contribution in [1.29, 1.82) is 0 Å². The molecule has 0 radical (unpaired) electrons. The summed E-state index contributed by atoms with van der Waals surface area (Å²) >= 11 is 1.50. The van der Waals surface area contributed by atoms with Gasteiger partial charge < -0.3 is 37.8 Å². The highest BCUT2D eigenvalue weighted by Crippen LogP contribution is 2.11. The van der Waals surface area contributed by atoms with Gasteiger partial charge in [-0.15, -0.1) is 0 Å². The largest absolute Gasteiger partial charge is 0.508 e. The number of carbonyl (C=O) groups excluding carboxylic acids is 5. The van der Waals surface area contributed by atoms with Gasteiger partial charge in [0.1, 0.15) is 17.8 Å². The molecule has 13 heteroatoms. The van der Waals surface area contributed by atoms with Gasteiger partial charge in [0, 0.05) is 6.42 Å². The molecule has 0 saturated heterocycles. The highest BCUT2D eigenvalue weighted by Gasteiger charge is 2.26. The molecule has 12 nitrogen and oxygen atoms in total. The molecule has 0 spiro atoms. The molecule has 2 aromatic rings. The molecule has 40 heavy (non-hydrogen) atoms. The summed E-state index contributed by atoms with van der Waals surface area (Å²) in [4.78, 5) is 61.8. The number of benzene rings is 2. The van der Waals surface area contributed by atoms with Gasteiger partial charge in [-0.1, -0.05) is 42.5 Å². The van der Waals surface area contributed by atoms with E-state index in [0.29, 0.717) is 12.2 Å². The number of amides is 5. The summed E-state index contributed by atoms with van der Waals surface area (Å²) in [5.74, 6) is -2.39. The number of nitrogens with one attached hydrogen (secondary N) is 4. The zero-order valence-electron chi connectivity index (χ0n) is 22.2. The first kappa shape index (κ1) is 32.1. The first-order valence-corrected chi connectivity index (χ1v) is 14.0. The van der Waals surface area contributed by atoms with Crippen LogP contribution in [0.15, 0.2) is 54.6 Å². The topological polar surface area (TPSA) is 206 Å². The van der Waals surface area contributed by atoms with Gasteiger partial charge in [-0.05, 0) is 48.1 Å². The second kappa shape index (κ2) is 16.8. The van der Waals surface area contributed by atoms with Crippen molar-refractivity contribution < 1.29 is 29.1 Å². The molecule has 0 heterocycles. The lowest BCUT2D eigenvalue weighted by atomic mass is 10.0. The van der Waals surface area contributed by atoms with Gasteiger partial charge in [-0.25, -0.2) is 0 Å². The molecule has 0 saturated carbocycles. The lowest BCUT2D eigenvalue weighted by molar-refractivity contribution is -0.131. The maximum Gasteiger partial charge on any atom is 0.243 e. The Hall–Kier alpha value is -4.10. The van der Waals surface area contributed by atoms with E-state index in [9.17, 15) is 29.1 Å². The van der Waals surface area contributed by atoms with Crippen molar-refractivity contribution in [3.8, 4) is 5.75 Å². The van der Waals surface area contributed by atoms with Crippen LogP contribution in [-0.2, 0) is 36.8 Å². The standard InChI is InChI=1S/C27H36N6O6S/c1-40-12-11-21(25(29)37)33-27(39)22(14-17-5-3-2-4-6-17)32-24(36)16-30-23(35)15-31-26(38)20(28)13-18-7-9-19(34)10-8-18/h2-10,20-22,34H,11-16,28H2,1H3,(H2,29,37)(H,30,35)(H,31,38)(H,32,36)(H,33,39)/t20-,21-,22-/m0/s1. The Morgan fingerprint density at radius 3 is 2.05 bits per heavy atom. The Balaban J connectivity index is 1.88. The van der Waals surface area contributed by atoms with Crippen LogP contribution in [-0.4, -0.2) is 77.9 Å². The van der Waals surface area contributed by atoms with Crippen LogP contribution >= 0.6 is 11.8 Å². The molecule has 0 aliphatic rings. The van der Waals surface area contributed by atoms with Crippen molar-refractivity contribution in [2.24, 2.45) is 11.5 Å². The molecule has 0 unspecified atom stereocenters. The third kappa shape index (κ3) is 11.7. The summed E-state index contributed by atoms with van der Waals surface area (Å²) in [7, 11) is 0. The highest BCUT2D eigenvalue weighted by molar-refractivity contribution is 7.98. The number of aromatic hydroxyl groups is 1. The number of carbonyl (C=O) groups is 5. The maximum absolute atomic E-state index is 13.0. The second-order valence-electron chi connectivity index (χ2n) is 9.03. The van der Waals surface area contributed by atoms with E-state index >= 15 is 0 Å². The molecule has 0 fully saturated rings. The molecular formula is C27H36N6O6S.